The fourth-order valence-corrected chi connectivity index (χ4v) is 1.03. The number of carbonyl (C=O) groups is 1. The number of aliphatic hydroxyl groups excluding tert-OH is 1. The van der Waals surface area contributed by atoms with E-state index in [2.05, 4.69) is 10.3 Å². The van der Waals surface area contributed by atoms with Crippen molar-refractivity contribution in [2.45, 2.75) is 19.9 Å². The van der Waals surface area contributed by atoms with E-state index in [9.17, 15) is 4.79 Å². The molecule has 1 rings (SSSR count). The number of aromatic nitrogens is 1. The molecule has 6 nitrogen and oxygen atoms in total. The Labute approximate surface area is 93.8 Å². The summed E-state index contributed by atoms with van der Waals surface area (Å²) in [6, 6.07) is -0.688. The van der Waals surface area contributed by atoms with Crippen LogP contribution in [0.4, 0.5) is 0 Å². The molecule has 1 aromatic heterocycles. The third-order valence-corrected chi connectivity index (χ3v) is 1.94. The van der Waals surface area contributed by atoms with Crippen LogP contribution in [-0.4, -0.2) is 29.1 Å². The highest BCUT2D eigenvalue weighted by Gasteiger charge is 2.16. The second-order valence-corrected chi connectivity index (χ2v) is 3.96. The van der Waals surface area contributed by atoms with E-state index in [1.54, 1.807) is 0 Å². The number of nitrogens with two attached hydrogens (primary N) is 1. The number of carbonyl (C=O) groups excluding carboxylic acids is 1. The number of aliphatic hydroxyl groups is 1. The van der Waals surface area contributed by atoms with Gasteiger partial charge < -0.3 is 20.6 Å². The van der Waals surface area contributed by atoms with Crippen LogP contribution >= 0.6 is 0 Å². The van der Waals surface area contributed by atoms with Gasteiger partial charge in [-0.15, -0.1) is 0 Å². The molecule has 0 aliphatic carbocycles. The highest BCUT2D eigenvalue weighted by Crippen LogP contribution is 2.09. The van der Waals surface area contributed by atoms with Gasteiger partial charge in [0.1, 0.15) is 12.3 Å². The van der Waals surface area contributed by atoms with Crippen molar-refractivity contribution in [1.29, 1.82) is 0 Å². The molecule has 0 saturated heterocycles. The maximum absolute atomic E-state index is 11.5. The molecule has 90 valence electrons. The second-order valence-electron chi connectivity index (χ2n) is 3.96. The maximum Gasteiger partial charge on any atom is 0.273 e. The Balaban J connectivity index is 2.60. The van der Waals surface area contributed by atoms with Crippen LogP contribution < -0.4 is 11.1 Å². The van der Waals surface area contributed by atoms with Crippen molar-refractivity contribution in [3.63, 3.8) is 0 Å². The standard InChI is InChI=1S/C10H17N3O3/c1-6(2)3-12-9(15)8-5-16-10(13-8)7(11)4-14/h5-7,14H,3-4,11H2,1-2H3,(H,12,15). The lowest BCUT2D eigenvalue weighted by molar-refractivity contribution is 0.0944. The van der Waals surface area contributed by atoms with Crippen LogP contribution in [0, 0.1) is 5.92 Å². The van der Waals surface area contributed by atoms with Gasteiger partial charge in [0.15, 0.2) is 5.69 Å². The van der Waals surface area contributed by atoms with Gasteiger partial charge in [-0.05, 0) is 5.92 Å². The van der Waals surface area contributed by atoms with E-state index in [-0.39, 0.29) is 24.1 Å². The van der Waals surface area contributed by atoms with Crippen LogP contribution in [0.25, 0.3) is 0 Å². The summed E-state index contributed by atoms with van der Waals surface area (Å²) in [6.45, 7) is 4.30. The molecule has 1 amide bonds. The van der Waals surface area contributed by atoms with Crippen molar-refractivity contribution in [1.82, 2.24) is 10.3 Å². The third-order valence-electron chi connectivity index (χ3n) is 1.94. The quantitative estimate of drug-likeness (QED) is 0.660. The molecule has 0 spiro atoms. The van der Waals surface area contributed by atoms with E-state index in [0.717, 1.165) is 0 Å². The van der Waals surface area contributed by atoms with E-state index < -0.39 is 6.04 Å². The zero-order valence-electron chi connectivity index (χ0n) is 9.43. The van der Waals surface area contributed by atoms with Crippen LogP contribution in [0.1, 0.15) is 36.3 Å². The Hall–Kier alpha value is -1.40. The van der Waals surface area contributed by atoms with Crippen LogP contribution in [-0.2, 0) is 0 Å². The zero-order valence-corrected chi connectivity index (χ0v) is 9.43. The van der Waals surface area contributed by atoms with Gasteiger partial charge in [-0.25, -0.2) is 4.98 Å². The van der Waals surface area contributed by atoms with Gasteiger partial charge >= 0.3 is 0 Å². The molecular weight excluding hydrogens is 210 g/mol. The molecule has 0 aliphatic heterocycles. The minimum atomic E-state index is -0.688. The number of rotatable bonds is 5. The molecule has 0 aromatic carbocycles. The van der Waals surface area contributed by atoms with Gasteiger partial charge in [0.2, 0.25) is 5.89 Å². The molecule has 1 heterocycles. The van der Waals surface area contributed by atoms with Crippen LogP contribution in [0.3, 0.4) is 0 Å². The molecule has 1 aromatic rings. The highest BCUT2D eigenvalue weighted by atomic mass is 16.3. The topological polar surface area (TPSA) is 101 Å². The molecule has 0 bridgehead atoms. The van der Waals surface area contributed by atoms with Crippen LogP contribution in [0.2, 0.25) is 0 Å². The summed E-state index contributed by atoms with van der Waals surface area (Å²) in [5.74, 6) is 0.237. The first-order chi connectivity index (χ1) is 7.54. The van der Waals surface area contributed by atoms with E-state index in [1.165, 1.54) is 6.26 Å². The number of nitrogens with one attached hydrogen (secondary N) is 1. The first kappa shape index (κ1) is 12.7. The second kappa shape index (κ2) is 5.62. The number of oxazole rings is 1. The van der Waals surface area contributed by atoms with E-state index in [4.69, 9.17) is 15.3 Å². The van der Waals surface area contributed by atoms with Gasteiger partial charge in [-0.3, -0.25) is 4.79 Å². The largest absolute Gasteiger partial charge is 0.446 e. The van der Waals surface area contributed by atoms with Crippen LogP contribution in [0.15, 0.2) is 10.7 Å². The molecule has 1 unspecified atom stereocenters. The SMILES string of the molecule is CC(C)CNC(=O)c1coc(C(N)CO)n1. The number of hydrogen-bond acceptors (Lipinski definition) is 5. The molecule has 0 aliphatic rings. The van der Waals surface area contributed by atoms with Gasteiger partial charge in [-0.1, -0.05) is 13.8 Å². The maximum atomic E-state index is 11.5. The molecule has 0 fully saturated rings. The van der Waals surface area contributed by atoms with Crippen molar-refractivity contribution < 1.29 is 14.3 Å². The molecule has 0 radical (unpaired) electrons. The van der Waals surface area contributed by atoms with Gasteiger partial charge in [0.25, 0.3) is 5.91 Å². The molecule has 0 saturated carbocycles. The van der Waals surface area contributed by atoms with Crippen molar-refractivity contribution in [3.8, 4) is 0 Å². The van der Waals surface area contributed by atoms with Crippen molar-refractivity contribution in [3.05, 3.63) is 17.8 Å². The van der Waals surface area contributed by atoms with E-state index >= 15 is 0 Å². The Morgan fingerprint density at radius 2 is 2.38 bits per heavy atom. The third kappa shape index (κ3) is 3.32. The average molecular weight is 227 g/mol. The van der Waals surface area contributed by atoms with Crippen molar-refractivity contribution >= 4 is 5.91 Å². The summed E-state index contributed by atoms with van der Waals surface area (Å²) < 4.78 is 4.99. The fourth-order valence-electron chi connectivity index (χ4n) is 1.03. The summed E-state index contributed by atoms with van der Waals surface area (Å²) in [4.78, 5) is 15.4. The number of nitrogens with zero attached hydrogens (tertiary/aromatic N) is 1. The summed E-state index contributed by atoms with van der Waals surface area (Å²) in [6.07, 6.45) is 1.24. The van der Waals surface area contributed by atoms with Gasteiger partial charge in [0.05, 0.1) is 6.61 Å². The number of hydrogen-bond donors (Lipinski definition) is 3. The Morgan fingerprint density at radius 1 is 1.69 bits per heavy atom. The predicted molar refractivity (Wildman–Crippen MR) is 57.7 cm³/mol. The summed E-state index contributed by atoms with van der Waals surface area (Å²) in [5.41, 5.74) is 5.67. The van der Waals surface area contributed by atoms with Crippen molar-refractivity contribution in [2.75, 3.05) is 13.2 Å². The summed E-state index contributed by atoms with van der Waals surface area (Å²) >= 11 is 0. The average Bonchev–Trinajstić information content (AvgIpc) is 2.74. The summed E-state index contributed by atoms with van der Waals surface area (Å²) in [5, 5.41) is 11.5. The number of amides is 1. The minimum Gasteiger partial charge on any atom is -0.446 e. The lowest BCUT2D eigenvalue weighted by Crippen LogP contribution is -2.27. The molecule has 16 heavy (non-hydrogen) atoms. The summed E-state index contributed by atoms with van der Waals surface area (Å²) in [7, 11) is 0. The zero-order chi connectivity index (χ0) is 12.1. The Morgan fingerprint density at radius 3 is 2.94 bits per heavy atom. The molecule has 6 heteroatoms. The molecule has 4 N–H and O–H groups in total. The van der Waals surface area contributed by atoms with Gasteiger partial charge in [0, 0.05) is 6.54 Å². The minimum absolute atomic E-state index is 0.164. The Bertz CT molecular complexity index is 349. The van der Waals surface area contributed by atoms with Crippen LogP contribution in [0.5, 0.6) is 0 Å². The smallest absolute Gasteiger partial charge is 0.273 e. The lowest BCUT2D eigenvalue weighted by Gasteiger charge is -2.04. The normalized spacial score (nSPS) is 12.8. The fraction of sp³-hybridized carbons (Fsp3) is 0.600. The van der Waals surface area contributed by atoms with Gasteiger partial charge in [-0.2, -0.15) is 0 Å². The lowest BCUT2D eigenvalue weighted by atomic mass is 10.2. The monoisotopic (exact) mass is 227 g/mol. The first-order valence-corrected chi connectivity index (χ1v) is 5.14. The molecule has 1 atom stereocenters. The van der Waals surface area contributed by atoms with E-state index in [0.29, 0.717) is 12.5 Å². The van der Waals surface area contributed by atoms with E-state index in [1.807, 2.05) is 13.8 Å². The highest BCUT2D eigenvalue weighted by molar-refractivity contribution is 5.91. The first-order valence-electron chi connectivity index (χ1n) is 5.14. The molecular formula is C10H17N3O3. The Kier molecular flexibility index (Phi) is 4.45. The predicted octanol–water partition coefficient (Wildman–Crippen LogP) is 0.0525. The van der Waals surface area contributed by atoms with Crippen molar-refractivity contribution in [2.24, 2.45) is 11.7 Å².